The smallest absolute Gasteiger partial charge is 0.213 e. The lowest BCUT2D eigenvalue weighted by atomic mass is 9.70. The fraction of sp³-hybridized carbons (Fsp3) is 0.353. The zero-order chi connectivity index (χ0) is 15.9. The zero-order valence-corrected chi connectivity index (χ0v) is 13.6. The number of ether oxygens (including phenoxy) is 1. The average Bonchev–Trinajstić information content (AvgIpc) is 2.50. The number of halogens is 1. The number of hydrogen-bond donors (Lipinski definition) is 0. The van der Waals surface area contributed by atoms with Gasteiger partial charge in [-0.15, -0.1) is 0 Å². The molecule has 0 saturated carbocycles. The topological polar surface area (TPSA) is 52.1 Å². The minimum Gasteiger partial charge on any atom is -0.481 e. The van der Waals surface area contributed by atoms with Crippen molar-refractivity contribution < 1.29 is 9.53 Å². The molecule has 2 heterocycles. The number of nitrogens with zero attached hydrogens (tertiary/aromatic N) is 2. The predicted molar refractivity (Wildman–Crippen MR) is 84.8 cm³/mol. The first-order valence-corrected chi connectivity index (χ1v) is 7.56. The van der Waals surface area contributed by atoms with Crippen LogP contribution in [0.15, 0.2) is 24.3 Å². The highest BCUT2D eigenvalue weighted by Crippen LogP contribution is 2.39. The largest absolute Gasteiger partial charge is 0.481 e. The van der Waals surface area contributed by atoms with Crippen molar-refractivity contribution in [2.75, 3.05) is 7.11 Å². The van der Waals surface area contributed by atoms with Gasteiger partial charge in [0.2, 0.25) is 5.88 Å². The van der Waals surface area contributed by atoms with Gasteiger partial charge >= 0.3 is 0 Å². The molecular formula is C17H17ClN2O2. The lowest BCUT2D eigenvalue weighted by Crippen LogP contribution is -2.39. The lowest BCUT2D eigenvalue weighted by molar-refractivity contribution is 0.0869. The van der Waals surface area contributed by atoms with E-state index in [1.54, 1.807) is 19.2 Å². The molecule has 2 aromatic heterocycles. The normalized spacial score (nSPS) is 20.6. The van der Waals surface area contributed by atoms with E-state index in [-0.39, 0.29) is 5.78 Å². The molecule has 1 atom stereocenters. The van der Waals surface area contributed by atoms with Crippen LogP contribution in [0, 0.1) is 6.92 Å². The molecule has 0 N–H and O–H groups in total. The fourth-order valence-corrected chi connectivity index (χ4v) is 3.29. The summed E-state index contributed by atoms with van der Waals surface area (Å²) in [6.07, 6.45) is 1.36. The first kappa shape index (κ1) is 15.0. The quantitative estimate of drug-likeness (QED) is 0.795. The summed E-state index contributed by atoms with van der Waals surface area (Å²) in [5, 5.41) is 0.437. The van der Waals surface area contributed by atoms with Crippen LogP contribution in [-0.2, 0) is 11.8 Å². The molecule has 3 rings (SSSR count). The van der Waals surface area contributed by atoms with Gasteiger partial charge in [-0.25, -0.2) is 9.97 Å². The molecule has 1 aliphatic carbocycles. The summed E-state index contributed by atoms with van der Waals surface area (Å²) in [7, 11) is 1.57. The summed E-state index contributed by atoms with van der Waals surface area (Å²) >= 11 is 6.01. The van der Waals surface area contributed by atoms with Crippen LogP contribution in [0.3, 0.4) is 0 Å². The van der Waals surface area contributed by atoms with Gasteiger partial charge in [-0.3, -0.25) is 4.79 Å². The summed E-state index contributed by atoms with van der Waals surface area (Å²) in [4.78, 5) is 21.9. The van der Waals surface area contributed by atoms with E-state index in [4.69, 9.17) is 16.3 Å². The molecule has 0 aliphatic heterocycles. The number of methoxy groups -OCH3 is 1. The second kappa shape index (κ2) is 5.36. The van der Waals surface area contributed by atoms with E-state index in [9.17, 15) is 4.79 Å². The van der Waals surface area contributed by atoms with Gasteiger partial charge in [0.05, 0.1) is 23.9 Å². The number of pyridine rings is 2. The van der Waals surface area contributed by atoms with Crippen LogP contribution in [0.5, 0.6) is 5.88 Å². The van der Waals surface area contributed by atoms with Crippen LogP contribution in [-0.4, -0.2) is 22.9 Å². The number of fused-ring (bicyclic) bond motifs is 1. The maximum atomic E-state index is 13.1. The molecule has 0 fully saturated rings. The van der Waals surface area contributed by atoms with Crippen LogP contribution in [0.25, 0.3) is 0 Å². The van der Waals surface area contributed by atoms with Crippen LogP contribution in [0.1, 0.15) is 40.7 Å². The minimum atomic E-state index is -0.665. The molecule has 0 spiro atoms. The van der Waals surface area contributed by atoms with Crippen molar-refractivity contribution in [1.82, 2.24) is 9.97 Å². The molecule has 2 aromatic rings. The third kappa shape index (κ3) is 2.28. The highest BCUT2D eigenvalue weighted by Gasteiger charge is 2.42. The second-order valence-corrected chi connectivity index (χ2v) is 6.20. The molecule has 0 amide bonds. The Morgan fingerprint density at radius 1 is 1.32 bits per heavy atom. The Morgan fingerprint density at radius 2 is 2.09 bits per heavy atom. The Labute approximate surface area is 134 Å². The van der Waals surface area contributed by atoms with Gasteiger partial charge in [-0.2, -0.15) is 0 Å². The van der Waals surface area contributed by atoms with Crippen LogP contribution < -0.4 is 4.74 Å². The van der Waals surface area contributed by atoms with Crippen molar-refractivity contribution in [3.63, 3.8) is 0 Å². The highest BCUT2D eigenvalue weighted by molar-refractivity contribution is 6.29. The molecule has 1 aliphatic rings. The third-order valence-electron chi connectivity index (χ3n) is 4.35. The number of ketones is 1. The van der Waals surface area contributed by atoms with Gasteiger partial charge in [0, 0.05) is 11.6 Å². The lowest BCUT2D eigenvalue weighted by Gasteiger charge is -2.33. The van der Waals surface area contributed by atoms with Crippen LogP contribution >= 0.6 is 11.6 Å². The number of carbonyl (C=O) groups excluding carboxylic acids is 1. The minimum absolute atomic E-state index is 0.0520. The number of hydrogen-bond acceptors (Lipinski definition) is 4. The average molecular weight is 317 g/mol. The number of rotatable bonds is 2. The maximum Gasteiger partial charge on any atom is 0.213 e. The van der Waals surface area contributed by atoms with E-state index in [0.717, 1.165) is 17.0 Å². The van der Waals surface area contributed by atoms with Crippen molar-refractivity contribution in [3.8, 4) is 5.88 Å². The van der Waals surface area contributed by atoms with E-state index < -0.39 is 5.41 Å². The molecule has 0 radical (unpaired) electrons. The summed E-state index contributed by atoms with van der Waals surface area (Å²) in [5.41, 5.74) is 2.41. The summed E-state index contributed by atoms with van der Waals surface area (Å²) in [6, 6.07) is 7.26. The second-order valence-electron chi connectivity index (χ2n) is 5.81. The van der Waals surface area contributed by atoms with Crippen molar-refractivity contribution in [2.24, 2.45) is 0 Å². The first-order chi connectivity index (χ1) is 10.5. The van der Waals surface area contributed by atoms with Gasteiger partial charge in [-0.05, 0) is 44.4 Å². The fourth-order valence-electron chi connectivity index (χ4n) is 3.02. The van der Waals surface area contributed by atoms with Gasteiger partial charge < -0.3 is 4.74 Å². The number of carbonyl (C=O) groups is 1. The Kier molecular flexibility index (Phi) is 3.65. The molecule has 0 aromatic carbocycles. The Hall–Kier alpha value is -1.94. The summed E-state index contributed by atoms with van der Waals surface area (Å²) in [6.45, 7) is 3.84. The van der Waals surface area contributed by atoms with E-state index >= 15 is 0 Å². The van der Waals surface area contributed by atoms with Gasteiger partial charge in [0.15, 0.2) is 5.78 Å². The molecule has 4 nitrogen and oxygen atoms in total. The standard InChI is InChI=1S/C17H17ClN2O2/c1-10-9-13(18)19-11-7-8-17(2,16(21)15(10)11)12-5-4-6-14(20-12)22-3/h4-6,9H,7-8H2,1-3H3. The summed E-state index contributed by atoms with van der Waals surface area (Å²) < 4.78 is 5.18. The van der Waals surface area contributed by atoms with Gasteiger partial charge in [0.1, 0.15) is 5.15 Å². The number of aryl methyl sites for hydroxylation is 2. The third-order valence-corrected chi connectivity index (χ3v) is 4.54. The first-order valence-electron chi connectivity index (χ1n) is 7.18. The van der Waals surface area contributed by atoms with E-state index in [1.807, 2.05) is 26.0 Å². The van der Waals surface area contributed by atoms with Gasteiger partial charge in [-0.1, -0.05) is 17.7 Å². The Morgan fingerprint density at radius 3 is 2.82 bits per heavy atom. The predicted octanol–water partition coefficient (Wildman–Crippen LogP) is 3.53. The number of aromatic nitrogens is 2. The van der Waals surface area contributed by atoms with Crippen molar-refractivity contribution in [2.45, 2.75) is 32.1 Å². The molecule has 1 unspecified atom stereocenters. The number of Topliss-reactive ketones (excluding diaryl/α,β-unsaturated/α-hetero) is 1. The van der Waals surface area contributed by atoms with Crippen LogP contribution in [0.2, 0.25) is 5.15 Å². The van der Waals surface area contributed by atoms with Gasteiger partial charge in [0.25, 0.3) is 0 Å². The Balaban J connectivity index is 2.11. The molecule has 0 saturated heterocycles. The van der Waals surface area contributed by atoms with E-state index in [0.29, 0.717) is 29.4 Å². The van der Waals surface area contributed by atoms with E-state index in [1.165, 1.54) is 0 Å². The highest BCUT2D eigenvalue weighted by atomic mass is 35.5. The monoisotopic (exact) mass is 316 g/mol. The SMILES string of the molecule is COc1cccc(C2(C)CCc3nc(Cl)cc(C)c3C2=O)n1. The molecule has 22 heavy (non-hydrogen) atoms. The molecule has 0 bridgehead atoms. The molecule has 114 valence electrons. The maximum absolute atomic E-state index is 13.1. The van der Waals surface area contributed by atoms with Crippen molar-refractivity contribution in [1.29, 1.82) is 0 Å². The summed E-state index contributed by atoms with van der Waals surface area (Å²) in [5.74, 6) is 0.569. The van der Waals surface area contributed by atoms with Crippen molar-refractivity contribution >= 4 is 17.4 Å². The molecular weight excluding hydrogens is 300 g/mol. The molecule has 5 heteroatoms. The van der Waals surface area contributed by atoms with Crippen LogP contribution in [0.4, 0.5) is 0 Å². The van der Waals surface area contributed by atoms with E-state index in [2.05, 4.69) is 9.97 Å². The Bertz CT molecular complexity index is 760. The van der Waals surface area contributed by atoms with Crippen molar-refractivity contribution in [3.05, 3.63) is 51.9 Å². The zero-order valence-electron chi connectivity index (χ0n) is 12.8.